The van der Waals surface area contributed by atoms with E-state index in [2.05, 4.69) is 5.32 Å². The van der Waals surface area contributed by atoms with Crippen molar-refractivity contribution in [3.8, 4) is 0 Å². The van der Waals surface area contributed by atoms with Crippen LogP contribution in [-0.4, -0.2) is 29.7 Å². The van der Waals surface area contributed by atoms with E-state index < -0.39 is 12.1 Å². The fourth-order valence-electron chi connectivity index (χ4n) is 1.30. The number of amides is 1. The third kappa shape index (κ3) is 3.88. The Morgan fingerprint density at radius 2 is 2.18 bits per heavy atom. The lowest BCUT2D eigenvalue weighted by molar-refractivity contribution is -0.126. The number of hydrogen-bond donors (Lipinski definition) is 2. The molecule has 0 aromatic heterocycles. The molecule has 0 spiro atoms. The first-order valence-corrected chi connectivity index (χ1v) is 5.30. The van der Waals surface area contributed by atoms with Crippen LogP contribution in [0.3, 0.4) is 0 Å². The number of carboxylic acid groups (broad SMARTS) is 1. The molecule has 0 bridgehead atoms. The first-order valence-electron chi connectivity index (χ1n) is 5.30. The number of carboxylic acids is 1. The molecule has 5 nitrogen and oxygen atoms in total. The number of anilines is 1. The molecule has 0 aliphatic carbocycles. The van der Waals surface area contributed by atoms with Crippen LogP contribution in [0, 0.1) is 0 Å². The molecule has 0 aliphatic rings. The quantitative estimate of drug-likeness (QED) is 0.818. The molecule has 1 aromatic rings. The van der Waals surface area contributed by atoms with Crippen molar-refractivity contribution in [3.05, 3.63) is 29.8 Å². The number of nitrogens with one attached hydrogen (secondary N) is 1. The molecule has 5 heteroatoms. The van der Waals surface area contributed by atoms with Crippen molar-refractivity contribution in [2.24, 2.45) is 0 Å². The number of benzene rings is 1. The highest BCUT2D eigenvalue weighted by molar-refractivity contribution is 5.95. The number of hydrogen-bond acceptors (Lipinski definition) is 3. The number of rotatable bonds is 5. The summed E-state index contributed by atoms with van der Waals surface area (Å²) in [6, 6.07) is 6.07. The Balaban J connectivity index is 2.71. The molecule has 1 atom stereocenters. The molecule has 1 aromatic carbocycles. The topological polar surface area (TPSA) is 75.6 Å². The van der Waals surface area contributed by atoms with E-state index in [-0.39, 0.29) is 11.5 Å². The maximum Gasteiger partial charge on any atom is 0.335 e. The van der Waals surface area contributed by atoms with E-state index in [1.54, 1.807) is 26.0 Å². The second kappa shape index (κ2) is 6.00. The molecular weight excluding hydrogens is 222 g/mol. The van der Waals surface area contributed by atoms with Crippen molar-refractivity contribution in [1.29, 1.82) is 0 Å². The van der Waals surface area contributed by atoms with E-state index in [0.29, 0.717) is 12.3 Å². The molecule has 0 saturated heterocycles. The van der Waals surface area contributed by atoms with Gasteiger partial charge in [0.1, 0.15) is 6.10 Å². The van der Waals surface area contributed by atoms with Crippen molar-refractivity contribution in [3.63, 3.8) is 0 Å². The summed E-state index contributed by atoms with van der Waals surface area (Å²) in [6.07, 6.45) is -0.562. The zero-order valence-electron chi connectivity index (χ0n) is 9.77. The highest BCUT2D eigenvalue weighted by Gasteiger charge is 2.13. The molecular formula is C12H15NO4. The summed E-state index contributed by atoms with van der Waals surface area (Å²) < 4.78 is 5.13. The average molecular weight is 237 g/mol. The van der Waals surface area contributed by atoms with Crippen molar-refractivity contribution in [2.45, 2.75) is 20.0 Å². The van der Waals surface area contributed by atoms with Crippen LogP contribution in [0.1, 0.15) is 24.2 Å². The number of aromatic carboxylic acids is 1. The summed E-state index contributed by atoms with van der Waals surface area (Å²) in [5.41, 5.74) is 0.577. The fraction of sp³-hybridized carbons (Fsp3) is 0.333. The van der Waals surface area contributed by atoms with Gasteiger partial charge in [-0.05, 0) is 32.0 Å². The fourth-order valence-corrected chi connectivity index (χ4v) is 1.30. The minimum atomic E-state index is -1.03. The standard InChI is InChI=1S/C12H15NO4/c1-3-17-8(2)11(14)13-10-6-4-5-9(7-10)12(15)16/h4-8H,3H2,1-2H3,(H,13,14)(H,15,16). The normalized spacial score (nSPS) is 11.9. The lowest BCUT2D eigenvalue weighted by atomic mass is 10.2. The summed E-state index contributed by atoms with van der Waals surface area (Å²) in [6.45, 7) is 3.89. The van der Waals surface area contributed by atoms with Crippen LogP contribution in [0.25, 0.3) is 0 Å². The van der Waals surface area contributed by atoms with Gasteiger partial charge in [0.15, 0.2) is 0 Å². The Hall–Kier alpha value is -1.88. The Morgan fingerprint density at radius 1 is 1.47 bits per heavy atom. The first-order chi connectivity index (χ1) is 8.04. The largest absolute Gasteiger partial charge is 0.478 e. The van der Waals surface area contributed by atoms with Crippen molar-refractivity contribution in [1.82, 2.24) is 0 Å². The van der Waals surface area contributed by atoms with Crippen molar-refractivity contribution in [2.75, 3.05) is 11.9 Å². The number of ether oxygens (including phenoxy) is 1. The van der Waals surface area contributed by atoms with Gasteiger partial charge in [0.2, 0.25) is 0 Å². The second-order valence-corrected chi connectivity index (χ2v) is 3.47. The van der Waals surface area contributed by atoms with E-state index in [1.165, 1.54) is 12.1 Å². The van der Waals surface area contributed by atoms with Crippen LogP contribution in [0.5, 0.6) is 0 Å². The van der Waals surface area contributed by atoms with Gasteiger partial charge in [0.05, 0.1) is 5.56 Å². The molecule has 0 heterocycles. The Bertz CT molecular complexity index is 417. The average Bonchev–Trinajstić information content (AvgIpc) is 2.29. The Morgan fingerprint density at radius 3 is 2.76 bits per heavy atom. The molecule has 0 radical (unpaired) electrons. The SMILES string of the molecule is CCOC(C)C(=O)Nc1cccc(C(=O)O)c1. The molecule has 0 aliphatic heterocycles. The van der Waals surface area contributed by atoms with Crippen LogP contribution in [0.15, 0.2) is 24.3 Å². The van der Waals surface area contributed by atoms with Gasteiger partial charge in [0.25, 0.3) is 5.91 Å². The van der Waals surface area contributed by atoms with E-state index in [1.807, 2.05) is 0 Å². The van der Waals surface area contributed by atoms with Gasteiger partial charge < -0.3 is 15.2 Å². The van der Waals surface area contributed by atoms with Gasteiger partial charge in [-0.15, -0.1) is 0 Å². The summed E-state index contributed by atoms with van der Waals surface area (Å²) >= 11 is 0. The smallest absolute Gasteiger partial charge is 0.335 e. The lowest BCUT2D eigenvalue weighted by Gasteiger charge is -2.12. The van der Waals surface area contributed by atoms with Crippen molar-refractivity contribution >= 4 is 17.6 Å². The van der Waals surface area contributed by atoms with Gasteiger partial charge in [-0.2, -0.15) is 0 Å². The van der Waals surface area contributed by atoms with Gasteiger partial charge in [-0.25, -0.2) is 4.79 Å². The van der Waals surface area contributed by atoms with E-state index in [0.717, 1.165) is 0 Å². The number of carbonyl (C=O) groups is 2. The predicted molar refractivity (Wildman–Crippen MR) is 63.1 cm³/mol. The van der Waals surface area contributed by atoms with E-state index in [4.69, 9.17) is 9.84 Å². The summed E-state index contributed by atoms with van der Waals surface area (Å²) in [5, 5.41) is 11.4. The molecule has 92 valence electrons. The summed E-state index contributed by atoms with van der Waals surface area (Å²) in [7, 11) is 0. The third-order valence-corrected chi connectivity index (χ3v) is 2.16. The maximum absolute atomic E-state index is 11.6. The first kappa shape index (κ1) is 13.2. The summed E-state index contributed by atoms with van der Waals surface area (Å²) in [4.78, 5) is 22.3. The van der Waals surface area contributed by atoms with Crippen LogP contribution in [0.2, 0.25) is 0 Å². The van der Waals surface area contributed by atoms with Crippen LogP contribution in [-0.2, 0) is 9.53 Å². The van der Waals surface area contributed by atoms with Crippen LogP contribution < -0.4 is 5.32 Å². The molecule has 1 amide bonds. The molecule has 0 saturated carbocycles. The second-order valence-electron chi connectivity index (χ2n) is 3.47. The van der Waals surface area contributed by atoms with Gasteiger partial charge in [0, 0.05) is 12.3 Å². The van der Waals surface area contributed by atoms with Crippen LogP contribution in [0.4, 0.5) is 5.69 Å². The molecule has 1 rings (SSSR count). The zero-order chi connectivity index (χ0) is 12.8. The summed E-state index contributed by atoms with van der Waals surface area (Å²) in [5.74, 6) is -1.33. The maximum atomic E-state index is 11.6. The molecule has 2 N–H and O–H groups in total. The van der Waals surface area contributed by atoms with Gasteiger partial charge in [-0.1, -0.05) is 6.07 Å². The monoisotopic (exact) mass is 237 g/mol. The minimum absolute atomic E-state index is 0.131. The number of carbonyl (C=O) groups excluding carboxylic acids is 1. The van der Waals surface area contributed by atoms with Crippen LogP contribution >= 0.6 is 0 Å². The Kier molecular flexibility index (Phi) is 4.66. The molecule has 0 fully saturated rings. The molecule has 17 heavy (non-hydrogen) atoms. The van der Waals surface area contributed by atoms with E-state index in [9.17, 15) is 9.59 Å². The highest BCUT2D eigenvalue weighted by Crippen LogP contribution is 2.11. The van der Waals surface area contributed by atoms with Gasteiger partial charge in [-0.3, -0.25) is 4.79 Å². The lowest BCUT2D eigenvalue weighted by Crippen LogP contribution is -2.27. The minimum Gasteiger partial charge on any atom is -0.478 e. The third-order valence-electron chi connectivity index (χ3n) is 2.16. The molecule has 1 unspecified atom stereocenters. The Labute approximate surface area is 99.4 Å². The van der Waals surface area contributed by atoms with E-state index >= 15 is 0 Å². The zero-order valence-corrected chi connectivity index (χ0v) is 9.77. The highest BCUT2D eigenvalue weighted by atomic mass is 16.5. The predicted octanol–water partition coefficient (Wildman–Crippen LogP) is 1.75. The van der Waals surface area contributed by atoms with Gasteiger partial charge >= 0.3 is 5.97 Å². The van der Waals surface area contributed by atoms with Crippen molar-refractivity contribution < 1.29 is 19.4 Å².